The third kappa shape index (κ3) is 8.27. The molecule has 0 spiro atoms. The maximum atomic E-state index is 10.9. The minimum Gasteiger partial charge on any atom is -0.494 e. The van der Waals surface area contributed by atoms with Crippen molar-refractivity contribution in [2.75, 3.05) is 6.61 Å². The van der Waals surface area contributed by atoms with Gasteiger partial charge in [0.15, 0.2) is 0 Å². The van der Waals surface area contributed by atoms with Crippen LogP contribution in [0, 0.1) is 0 Å². The smallest absolute Gasteiger partial charge is 0.257 e. The average Bonchev–Trinajstić information content (AvgIpc) is 2.55. The van der Waals surface area contributed by atoms with Crippen molar-refractivity contribution in [3.05, 3.63) is 48.1 Å². The Bertz CT molecular complexity index is 478. The Morgan fingerprint density at radius 1 is 1.14 bits per heavy atom. The summed E-state index contributed by atoms with van der Waals surface area (Å²) < 4.78 is 5.71. The fraction of sp³-hybridized carbons (Fsp3) is 0.389. The minimum absolute atomic E-state index is 0.327. The Kier molecular flexibility index (Phi) is 9.46. The molecular formula is C18H26N2O2. The number of ether oxygens (including phenoxy) is 1. The molecule has 4 nitrogen and oxygen atoms in total. The maximum Gasteiger partial charge on any atom is 0.257 e. The number of unbranched alkanes of at least 4 members (excludes halogenated alkanes) is 4. The fourth-order valence-corrected chi connectivity index (χ4v) is 1.93. The Morgan fingerprint density at radius 2 is 1.86 bits per heavy atom. The maximum absolute atomic E-state index is 10.9. The summed E-state index contributed by atoms with van der Waals surface area (Å²) in [6.07, 6.45) is 12.9. The first-order valence-corrected chi connectivity index (χ1v) is 7.84. The van der Waals surface area contributed by atoms with Crippen LogP contribution in [0.1, 0.15) is 44.6 Å². The van der Waals surface area contributed by atoms with Crippen LogP contribution in [0.2, 0.25) is 0 Å². The Labute approximate surface area is 133 Å². The van der Waals surface area contributed by atoms with E-state index in [1.54, 1.807) is 12.2 Å². The molecule has 0 bridgehead atoms. The lowest BCUT2D eigenvalue weighted by Crippen LogP contribution is -2.27. The van der Waals surface area contributed by atoms with Crippen LogP contribution in [0.4, 0.5) is 0 Å². The number of nitrogens with two attached hydrogens (primary N) is 1. The number of hydrazine groups is 1. The molecule has 1 rings (SSSR count). The predicted molar refractivity (Wildman–Crippen MR) is 91.2 cm³/mol. The van der Waals surface area contributed by atoms with Gasteiger partial charge < -0.3 is 4.74 Å². The van der Waals surface area contributed by atoms with E-state index in [1.165, 1.54) is 31.8 Å². The van der Waals surface area contributed by atoms with Gasteiger partial charge in [-0.1, -0.05) is 63.0 Å². The van der Waals surface area contributed by atoms with Crippen LogP contribution in [-0.4, -0.2) is 12.5 Å². The molecule has 1 amide bonds. The average molecular weight is 302 g/mol. The van der Waals surface area contributed by atoms with Crippen molar-refractivity contribution in [1.29, 1.82) is 0 Å². The molecule has 1 aromatic carbocycles. The number of rotatable bonds is 10. The van der Waals surface area contributed by atoms with E-state index < -0.39 is 0 Å². The molecule has 22 heavy (non-hydrogen) atoms. The molecule has 0 heterocycles. The standard InChI is InChI=1S/C18H26N2O2/c1-2-3-4-5-8-15-22-17-13-11-16(12-14-17)9-6-7-10-18(21)20-19/h6-7,9-14H,2-5,8,15,19H2,1H3,(H,20,21)/b9-6+,10-7+. The number of benzene rings is 1. The summed E-state index contributed by atoms with van der Waals surface area (Å²) in [5.74, 6) is 5.53. The molecule has 0 atom stereocenters. The van der Waals surface area contributed by atoms with Gasteiger partial charge in [-0.25, -0.2) is 5.84 Å². The molecule has 0 fully saturated rings. The second kappa shape index (κ2) is 11.6. The Morgan fingerprint density at radius 3 is 2.55 bits per heavy atom. The van der Waals surface area contributed by atoms with E-state index in [4.69, 9.17) is 10.6 Å². The summed E-state index contributed by atoms with van der Waals surface area (Å²) in [6.45, 7) is 2.99. The van der Waals surface area contributed by atoms with E-state index in [0.717, 1.165) is 24.3 Å². The monoisotopic (exact) mass is 302 g/mol. The minimum atomic E-state index is -0.327. The summed E-state index contributed by atoms with van der Waals surface area (Å²) in [6, 6.07) is 7.89. The van der Waals surface area contributed by atoms with Gasteiger partial charge >= 0.3 is 0 Å². The molecule has 0 saturated heterocycles. The van der Waals surface area contributed by atoms with E-state index in [-0.39, 0.29) is 5.91 Å². The van der Waals surface area contributed by atoms with Crippen molar-refractivity contribution in [3.63, 3.8) is 0 Å². The molecule has 0 aromatic heterocycles. The molecule has 0 aliphatic carbocycles. The highest BCUT2D eigenvalue weighted by molar-refractivity contribution is 5.87. The van der Waals surface area contributed by atoms with Crippen molar-refractivity contribution in [2.24, 2.45) is 5.84 Å². The molecule has 120 valence electrons. The molecule has 0 radical (unpaired) electrons. The van der Waals surface area contributed by atoms with Crippen LogP contribution in [0.3, 0.4) is 0 Å². The van der Waals surface area contributed by atoms with Gasteiger partial charge in [-0.05, 0) is 24.1 Å². The zero-order valence-electron chi connectivity index (χ0n) is 13.3. The number of hydrogen-bond donors (Lipinski definition) is 2. The van der Waals surface area contributed by atoms with E-state index in [2.05, 4.69) is 6.92 Å². The SMILES string of the molecule is CCCCCCCOc1ccc(/C=C/C=C/C(=O)NN)cc1. The molecule has 0 aliphatic heterocycles. The van der Waals surface area contributed by atoms with Crippen LogP contribution >= 0.6 is 0 Å². The number of nitrogens with one attached hydrogen (secondary N) is 1. The van der Waals surface area contributed by atoms with Crippen LogP contribution in [-0.2, 0) is 4.79 Å². The van der Waals surface area contributed by atoms with Crippen LogP contribution < -0.4 is 16.0 Å². The van der Waals surface area contributed by atoms with Gasteiger partial charge in [0, 0.05) is 6.08 Å². The van der Waals surface area contributed by atoms with Gasteiger partial charge in [0.2, 0.25) is 0 Å². The van der Waals surface area contributed by atoms with Crippen molar-refractivity contribution in [2.45, 2.75) is 39.0 Å². The molecule has 1 aromatic rings. The number of carbonyl (C=O) groups excluding carboxylic acids is 1. The molecule has 0 saturated carbocycles. The second-order valence-electron chi connectivity index (χ2n) is 5.06. The summed E-state index contributed by atoms with van der Waals surface area (Å²) >= 11 is 0. The highest BCUT2D eigenvalue weighted by Crippen LogP contribution is 2.14. The third-order valence-corrected chi connectivity index (χ3v) is 3.19. The Hall–Kier alpha value is -2.07. The quantitative estimate of drug-likeness (QED) is 0.173. The number of carbonyl (C=O) groups is 1. The van der Waals surface area contributed by atoms with Gasteiger partial charge in [-0.2, -0.15) is 0 Å². The normalized spacial score (nSPS) is 11.2. The fourth-order valence-electron chi connectivity index (χ4n) is 1.93. The van der Waals surface area contributed by atoms with Gasteiger partial charge in [0.25, 0.3) is 5.91 Å². The highest BCUT2D eigenvalue weighted by atomic mass is 16.5. The topological polar surface area (TPSA) is 64.3 Å². The summed E-state index contributed by atoms with van der Waals surface area (Å²) in [4.78, 5) is 10.9. The zero-order chi connectivity index (χ0) is 16.0. The van der Waals surface area contributed by atoms with E-state index in [9.17, 15) is 4.79 Å². The summed E-state index contributed by atoms with van der Waals surface area (Å²) in [5, 5.41) is 0. The Balaban J connectivity index is 2.29. The highest BCUT2D eigenvalue weighted by Gasteiger charge is 1.94. The lowest BCUT2D eigenvalue weighted by atomic mass is 10.2. The van der Waals surface area contributed by atoms with Crippen molar-refractivity contribution in [3.8, 4) is 5.75 Å². The molecule has 0 unspecified atom stereocenters. The van der Waals surface area contributed by atoms with Crippen LogP contribution in [0.25, 0.3) is 6.08 Å². The lowest BCUT2D eigenvalue weighted by molar-refractivity contribution is -0.116. The molecular weight excluding hydrogens is 276 g/mol. The first-order valence-electron chi connectivity index (χ1n) is 7.84. The third-order valence-electron chi connectivity index (χ3n) is 3.19. The van der Waals surface area contributed by atoms with Crippen molar-refractivity contribution < 1.29 is 9.53 Å². The molecule has 0 aliphatic rings. The number of hydrogen-bond acceptors (Lipinski definition) is 3. The number of allylic oxidation sites excluding steroid dienone is 2. The van der Waals surface area contributed by atoms with Crippen molar-refractivity contribution >= 4 is 12.0 Å². The van der Waals surface area contributed by atoms with E-state index >= 15 is 0 Å². The first-order chi connectivity index (χ1) is 10.8. The largest absolute Gasteiger partial charge is 0.494 e. The summed E-state index contributed by atoms with van der Waals surface area (Å²) in [5.41, 5.74) is 3.08. The summed E-state index contributed by atoms with van der Waals surface area (Å²) in [7, 11) is 0. The molecule has 3 N–H and O–H groups in total. The van der Waals surface area contributed by atoms with Crippen molar-refractivity contribution in [1.82, 2.24) is 5.43 Å². The zero-order valence-corrected chi connectivity index (χ0v) is 13.3. The van der Waals surface area contributed by atoms with Gasteiger partial charge in [0.1, 0.15) is 5.75 Å². The van der Waals surface area contributed by atoms with E-state index in [1.807, 2.05) is 35.8 Å². The lowest BCUT2D eigenvalue weighted by Gasteiger charge is -2.06. The van der Waals surface area contributed by atoms with E-state index in [0.29, 0.717) is 0 Å². The predicted octanol–water partition coefficient (Wildman–Crippen LogP) is 3.60. The first kappa shape index (κ1) is 18.0. The molecule has 4 heteroatoms. The van der Waals surface area contributed by atoms with Crippen LogP contribution in [0.15, 0.2) is 42.5 Å². The second-order valence-corrected chi connectivity index (χ2v) is 5.06. The van der Waals surface area contributed by atoms with Gasteiger partial charge in [-0.15, -0.1) is 0 Å². The van der Waals surface area contributed by atoms with Crippen LogP contribution in [0.5, 0.6) is 5.75 Å². The number of amides is 1. The van der Waals surface area contributed by atoms with Gasteiger partial charge in [-0.3, -0.25) is 10.2 Å². The van der Waals surface area contributed by atoms with Gasteiger partial charge in [0.05, 0.1) is 6.61 Å².